The van der Waals surface area contributed by atoms with Crippen molar-refractivity contribution in [3.8, 4) is 22.3 Å². The van der Waals surface area contributed by atoms with Crippen LogP contribution in [0.4, 0.5) is 34.1 Å². The zero-order chi connectivity index (χ0) is 29.1. The molecule has 5 aromatic rings. The number of fused-ring (bicyclic) bond motifs is 10. The fourth-order valence-corrected chi connectivity index (χ4v) is 26.2. The van der Waals surface area contributed by atoms with E-state index in [1.165, 1.54) is 68.1 Å². The average Bonchev–Trinajstić information content (AvgIpc) is 3.50. The van der Waals surface area contributed by atoms with Crippen molar-refractivity contribution < 1.29 is 0 Å². The van der Waals surface area contributed by atoms with Crippen molar-refractivity contribution in [1.29, 1.82) is 0 Å². The van der Waals surface area contributed by atoms with Gasteiger partial charge >= 0.3 is 264 Å². The van der Waals surface area contributed by atoms with E-state index in [2.05, 4.69) is 139 Å². The quantitative estimate of drug-likeness (QED) is 0.187. The number of nitrogens with zero attached hydrogens (tertiary/aromatic N) is 5. The molecule has 6 aliphatic rings. The van der Waals surface area contributed by atoms with Gasteiger partial charge in [0.15, 0.2) is 0 Å². The Balaban J connectivity index is 1.40. The van der Waals surface area contributed by atoms with Gasteiger partial charge in [0.1, 0.15) is 0 Å². The van der Waals surface area contributed by atoms with E-state index in [1.807, 2.05) is 0 Å². The summed E-state index contributed by atoms with van der Waals surface area (Å²) in [5, 5.41) is 5.39. The Morgan fingerprint density at radius 1 is 0.682 bits per heavy atom. The third kappa shape index (κ3) is 2.52. The van der Waals surface area contributed by atoms with Crippen molar-refractivity contribution in [1.82, 2.24) is 0 Å². The van der Waals surface area contributed by atoms with Crippen molar-refractivity contribution >= 4 is 84.9 Å². The molecule has 11 rings (SSSR count). The predicted molar refractivity (Wildman–Crippen MR) is 187 cm³/mol. The molecule has 210 valence electrons. The van der Waals surface area contributed by atoms with Gasteiger partial charge in [-0.3, -0.25) is 0 Å². The topological polar surface area (TPSA) is 36.2 Å². The summed E-state index contributed by atoms with van der Waals surface area (Å²) in [4.78, 5) is 7.92. The van der Waals surface area contributed by atoms with Crippen molar-refractivity contribution in [3.63, 3.8) is 0 Å². The van der Waals surface area contributed by atoms with Crippen molar-refractivity contribution in [2.75, 3.05) is 21.7 Å². The van der Waals surface area contributed by atoms with E-state index in [-0.39, 0.29) is 10.7 Å². The minimum atomic E-state index is -4.11. The molecule has 0 fully saturated rings. The number of para-hydroxylation sites is 2. The molecule has 0 aliphatic carbocycles. The molecule has 44 heavy (non-hydrogen) atoms. The van der Waals surface area contributed by atoms with Crippen LogP contribution < -0.4 is 32.0 Å². The molecule has 0 radical (unpaired) electrons. The molecule has 7 heteroatoms. The second kappa shape index (κ2) is 7.84. The van der Waals surface area contributed by atoms with Gasteiger partial charge in [-0.2, -0.15) is 0 Å². The van der Waals surface area contributed by atoms with Crippen LogP contribution in [-0.4, -0.2) is 44.3 Å². The molecule has 6 aliphatic heterocycles. The summed E-state index contributed by atoms with van der Waals surface area (Å²) in [6.45, 7) is 4.41. The van der Waals surface area contributed by atoms with E-state index < -0.39 is 20.9 Å². The molecule has 1 spiro atoms. The number of hydrogen-bond acceptors (Lipinski definition) is 4. The molecule has 6 heterocycles. The summed E-state index contributed by atoms with van der Waals surface area (Å²) in [6, 6.07) is 36.5. The van der Waals surface area contributed by atoms with Gasteiger partial charge in [-0.05, 0) is 0 Å². The van der Waals surface area contributed by atoms with Crippen molar-refractivity contribution in [3.05, 3.63) is 114 Å². The van der Waals surface area contributed by atoms with Gasteiger partial charge in [-0.1, -0.05) is 0 Å². The van der Waals surface area contributed by atoms with Crippen LogP contribution in [0.25, 0.3) is 27.6 Å². The first-order valence-electron chi connectivity index (χ1n) is 15.3. The number of rotatable bonds is 0. The zero-order valence-corrected chi connectivity index (χ0v) is 27.8. The summed E-state index contributed by atoms with van der Waals surface area (Å²) in [7, 11) is 2.30. The van der Waals surface area contributed by atoms with Gasteiger partial charge in [0.2, 0.25) is 0 Å². The fraction of sp³-hybridized carbons (Fsp3) is 0.108. The monoisotopic (exact) mass is 761 g/mol. The third-order valence-electron chi connectivity index (χ3n) is 10.3. The fourth-order valence-electron chi connectivity index (χ4n) is 8.94. The molecule has 0 saturated carbocycles. The van der Waals surface area contributed by atoms with Gasteiger partial charge in [-0.25, -0.2) is 0 Å². The predicted octanol–water partition coefficient (Wildman–Crippen LogP) is 5.81. The van der Waals surface area contributed by atoms with E-state index in [4.69, 9.17) is 8.21 Å². The first-order chi connectivity index (χ1) is 21.6. The van der Waals surface area contributed by atoms with Crippen molar-refractivity contribution in [2.45, 2.75) is 17.7 Å². The SMILES string of the molecule is CC1=CC(C)=[N][Po]23[c]4c(ccc5c4N4B(c6ccccc6-5)c5ccccc5-c5ccc([c]2c54)N2c4ccccc4N(C)[CH]23)[N-]1. The normalized spacial score (nSPS) is 23.1. The van der Waals surface area contributed by atoms with Crippen LogP contribution in [-0.2, 0) is 0 Å². The summed E-state index contributed by atoms with van der Waals surface area (Å²) >= 11 is -4.11. The summed E-state index contributed by atoms with van der Waals surface area (Å²) in [5.41, 5.74) is 17.9. The van der Waals surface area contributed by atoms with Crippen LogP contribution in [0, 0.1) is 0 Å². The molecule has 2 unspecified atom stereocenters. The van der Waals surface area contributed by atoms with Gasteiger partial charge in [0, 0.05) is 0 Å². The molecular formula is C37H27BN5Po-. The van der Waals surface area contributed by atoms with Gasteiger partial charge < -0.3 is 0 Å². The molecule has 0 aromatic heterocycles. The average molecular weight is 761 g/mol. The van der Waals surface area contributed by atoms with Crippen molar-refractivity contribution in [2.24, 2.45) is 2.89 Å². The number of anilines is 5. The van der Waals surface area contributed by atoms with Gasteiger partial charge in [0.25, 0.3) is 0 Å². The summed E-state index contributed by atoms with van der Waals surface area (Å²) in [6.07, 6.45) is 2.20. The Hall–Kier alpha value is -4.33. The van der Waals surface area contributed by atoms with E-state index >= 15 is 0 Å². The van der Waals surface area contributed by atoms with Crippen LogP contribution in [0.2, 0.25) is 0 Å². The van der Waals surface area contributed by atoms with E-state index in [0.29, 0.717) is 0 Å². The van der Waals surface area contributed by atoms with E-state index in [9.17, 15) is 0 Å². The van der Waals surface area contributed by atoms with Crippen LogP contribution >= 0.6 is 0 Å². The second-order valence-electron chi connectivity index (χ2n) is 12.6. The molecule has 0 amide bonds. The Morgan fingerprint density at radius 2 is 1.32 bits per heavy atom. The Bertz CT molecular complexity index is 2260. The third-order valence-corrected chi connectivity index (χ3v) is 24.9. The first kappa shape index (κ1) is 24.0. The zero-order valence-electron chi connectivity index (χ0n) is 24.6. The maximum absolute atomic E-state index is 6.09. The van der Waals surface area contributed by atoms with E-state index in [0.717, 1.165) is 17.1 Å². The Kier molecular flexibility index (Phi) is 4.28. The molecule has 0 saturated heterocycles. The standard InChI is InChI=1S/C37H27BN5.Po/c1-24(39)20-25(2)40-26-16-18-30-28-10-4-6-12-32(28)38-33-13-7-5-11-29(33)31-19-17-27(22-37(31)43(38)36(30)21-26)42-23-41(3)34-14-8-9-15-35(34)42;/h4-20,23H,1-3H3;/q-2;+1. The number of allylic oxidation sites excluding steroid dienone is 2. The summed E-state index contributed by atoms with van der Waals surface area (Å²) < 4.78 is 9.17. The van der Waals surface area contributed by atoms with Crippen LogP contribution in [0.1, 0.15) is 13.8 Å². The van der Waals surface area contributed by atoms with E-state index in [1.54, 1.807) is 0 Å². The van der Waals surface area contributed by atoms with Crippen LogP contribution in [0.5, 0.6) is 0 Å². The molecule has 5 nitrogen and oxygen atoms in total. The Labute approximate surface area is 262 Å². The molecule has 5 aromatic carbocycles. The molecule has 0 N–H and O–H groups in total. The number of benzene rings is 5. The molecular weight excluding hydrogens is 734 g/mol. The van der Waals surface area contributed by atoms with Gasteiger partial charge in [-0.15, -0.1) is 0 Å². The second-order valence-corrected chi connectivity index (χ2v) is 23.0. The van der Waals surface area contributed by atoms with Crippen LogP contribution in [0.3, 0.4) is 0 Å². The summed E-state index contributed by atoms with van der Waals surface area (Å²) in [5.74, 6) is 0. The minimum absolute atomic E-state index is 0.0945. The van der Waals surface area contributed by atoms with Gasteiger partial charge in [0.05, 0.1) is 0 Å². The maximum atomic E-state index is 6.09. The molecule has 0 bridgehead atoms. The number of hydrogen-bond donors (Lipinski definition) is 0. The van der Waals surface area contributed by atoms with Crippen LogP contribution in [0.15, 0.2) is 112 Å². The Morgan fingerprint density at radius 3 is 2.07 bits per heavy atom. The first-order valence-corrected chi connectivity index (χ1v) is 21.7. The molecule has 2 atom stereocenters.